The highest BCUT2D eigenvalue weighted by atomic mass is 16.5. The number of aromatic nitrogens is 2. The fourth-order valence-corrected chi connectivity index (χ4v) is 4.55. The molecule has 1 aliphatic carbocycles. The lowest BCUT2D eigenvalue weighted by Crippen LogP contribution is -2.40. The van der Waals surface area contributed by atoms with Crippen LogP contribution in [0.3, 0.4) is 0 Å². The molecule has 5 rings (SSSR count). The van der Waals surface area contributed by atoms with Gasteiger partial charge in [-0.25, -0.2) is 9.97 Å². The zero-order valence-electron chi connectivity index (χ0n) is 19.9. The molecule has 2 fully saturated rings. The standard InChI is InChI=1S/C26H31N5O3/c1-15(18-10-19(17-4-5-17)12-20(27)11-18)28-25-21-14-24(33-3)22(13-23(21)29-16(2)30-25)26(32)31-6-8-34-9-7-31/h10-15,17H,4-9,27H2,1-3H3,(H,28,29,30)/t15-/m1/s1. The van der Waals surface area contributed by atoms with Crippen LogP contribution in [0.25, 0.3) is 10.9 Å². The summed E-state index contributed by atoms with van der Waals surface area (Å²) in [4.78, 5) is 24.3. The number of nitrogens with zero attached hydrogens (tertiary/aromatic N) is 3. The van der Waals surface area contributed by atoms with E-state index < -0.39 is 0 Å². The lowest BCUT2D eigenvalue weighted by molar-refractivity contribution is 0.0301. The van der Waals surface area contributed by atoms with Gasteiger partial charge in [0.25, 0.3) is 5.91 Å². The predicted molar refractivity (Wildman–Crippen MR) is 132 cm³/mol. The van der Waals surface area contributed by atoms with E-state index in [4.69, 9.17) is 15.2 Å². The Labute approximate surface area is 199 Å². The fraction of sp³-hybridized carbons (Fsp3) is 0.423. The van der Waals surface area contributed by atoms with E-state index in [1.54, 1.807) is 12.0 Å². The highest BCUT2D eigenvalue weighted by Gasteiger charge is 2.26. The van der Waals surface area contributed by atoms with Crippen LogP contribution in [0.5, 0.6) is 5.75 Å². The Hall–Kier alpha value is -3.39. The van der Waals surface area contributed by atoms with Crippen molar-refractivity contribution < 1.29 is 14.3 Å². The molecule has 1 aliphatic heterocycles. The Balaban J connectivity index is 1.50. The van der Waals surface area contributed by atoms with Gasteiger partial charge in [0.05, 0.1) is 37.4 Å². The van der Waals surface area contributed by atoms with Crippen LogP contribution in [0, 0.1) is 6.92 Å². The molecular weight excluding hydrogens is 430 g/mol. The third kappa shape index (κ3) is 4.50. The Kier molecular flexibility index (Phi) is 6.00. The normalized spacial score (nSPS) is 17.0. The van der Waals surface area contributed by atoms with Crippen LogP contribution in [-0.4, -0.2) is 54.2 Å². The van der Waals surface area contributed by atoms with E-state index >= 15 is 0 Å². The van der Waals surface area contributed by atoms with Crippen molar-refractivity contribution in [3.63, 3.8) is 0 Å². The van der Waals surface area contributed by atoms with Crippen LogP contribution in [0.1, 0.15) is 59.0 Å². The van der Waals surface area contributed by atoms with Crippen LogP contribution in [-0.2, 0) is 4.74 Å². The largest absolute Gasteiger partial charge is 0.496 e. The number of ether oxygens (including phenoxy) is 2. The first-order valence-electron chi connectivity index (χ1n) is 11.8. The first kappa shape index (κ1) is 22.4. The van der Waals surface area contributed by atoms with Crippen LogP contribution in [0.15, 0.2) is 30.3 Å². The van der Waals surface area contributed by atoms with Gasteiger partial charge in [-0.3, -0.25) is 4.79 Å². The van der Waals surface area contributed by atoms with Crippen molar-refractivity contribution in [3.05, 3.63) is 52.8 Å². The molecule has 2 aromatic carbocycles. The molecule has 1 saturated heterocycles. The number of carbonyl (C=O) groups excluding carboxylic acids is 1. The number of hydrogen-bond acceptors (Lipinski definition) is 7. The van der Waals surface area contributed by atoms with Gasteiger partial charge in [0.15, 0.2) is 0 Å². The number of methoxy groups -OCH3 is 1. The molecule has 34 heavy (non-hydrogen) atoms. The number of aryl methyl sites for hydroxylation is 1. The number of nitrogen functional groups attached to an aromatic ring is 1. The minimum atomic E-state index is -0.0754. The molecule has 0 spiro atoms. The van der Waals surface area contributed by atoms with Gasteiger partial charge in [-0.2, -0.15) is 0 Å². The second-order valence-corrected chi connectivity index (χ2v) is 9.17. The molecule has 0 radical (unpaired) electrons. The molecule has 1 atom stereocenters. The van der Waals surface area contributed by atoms with Gasteiger partial charge in [0.2, 0.25) is 0 Å². The number of rotatable bonds is 6. The maximum Gasteiger partial charge on any atom is 0.257 e. The maximum absolute atomic E-state index is 13.2. The van der Waals surface area contributed by atoms with E-state index in [2.05, 4.69) is 34.3 Å². The van der Waals surface area contributed by atoms with E-state index in [1.807, 2.05) is 25.1 Å². The molecule has 3 aromatic rings. The summed E-state index contributed by atoms with van der Waals surface area (Å²) in [6.45, 7) is 6.17. The van der Waals surface area contributed by atoms with Gasteiger partial charge < -0.3 is 25.4 Å². The predicted octanol–water partition coefficient (Wildman–Crippen LogP) is 4.05. The summed E-state index contributed by atoms with van der Waals surface area (Å²) in [5.74, 6) is 2.39. The molecule has 1 amide bonds. The molecular formula is C26H31N5O3. The van der Waals surface area contributed by atoms with Crippen LogP contribution < -0.4 is 15.8 Å². The van der Waals surface area contributed by atoms with E-state index in [9.17, 15) is 4.79 Å². The van der Waals surface area contributed by atoms with E-state index in [0.29, 0.717) is 60.7 Å². The van der Waals surface area contributed by atoms with E-state index in [1.165, 1.54) is 18.4 Å². The summed E-state index contributed by atoms with van der Waals surface area (Å²) in [6, 6.07) is 9.98. The molecule has 178 valence electrons. The SMILES string of the molecule is COc1cc2c(N[C@H](C)c3cc(N)cc(C4CC4)c3)nc(C)nc2cc1C(=O)N1CCOCC1. The van der Waals surface area contributed by atoms with Crippen molar-refractivity contribution in [3.8, 4) is 5.75 Å². The zero-order valence-corrected chi connectivity index (χ0v) is 19.9. The van der Waals surface area contributed by atoms with Gasteiger partial charge in [-0.05, 0) is 68.0 Å². The van der Waals surface area contributed by atoms with Crippen molar-refractivity contribution in [2.24, 2.45) is 0 Å². The second kappa shape index (κ2) is 9.10. The molecule has 8 heteroatoms. The molecule has 0 bridgehead atoms. The highest BCUT2D eigenvalue weighted by Crippen LogP contribution is 2.42. The lowest BCUT2D eigenvalue weighted by Gasteiger charge is -2.27. The van der Waals surface area contributed by atoms with Crippen LogP contribution in [0.4, 0.5) is 11.5 Å². The summed E-state index contributed by atoms with van der Waals surface area (Å²) in [5.41, 5.74) is 10.6. The quantitative estimate of drug-likeness (QED) is 0.534. The van der Waals surface area contributed by atoms with Crippen LogP contribution in [0.2, 0.25) is 0 Å². The average Bonchev–Trinajstić information content (AvgIpc) is 3.68. The Morgan fingerprint density at radius 1 is 1.18 bits per heavy atom. The molecule has 3 N–H and O–H groups in total. The molecule has 1 saturated carbocycles. The molecule has 8 nitrogen and oxygen atoms in total. The van der Waals surface area contributed by atoms with Gasteiger partial charge in [-0.1, -0.05) is 6.07 Å². The maximum atomic E-state index is 13.2. The first-order valence-corrected chi connectivity index (χ1v) is 11.8. The monoisotopic (exact) mass is 461 g/mol. The molecule has 2 aliphatic rings. The molecule has 0 unspecified atom stereocenters. The summed E-state index contributed by atoms with van der Waals surface area (Å²) in [5, 5.41) is 4.35. The van der Waals surface area contributed by atoms with Gasteiger partial charge in [0, 0.05) is 24.2 Å². The minimum Gasteiger partial charge on any atom is -0.496 e. The topological polar surface area (TPSA) is 103 Å². The zero-order chi connectivity index (χ0) is 23.8. The van der Waals surface area contributed by atoms with Gasteiger partial charge in [0.1, 0.15) is 17.4 Å². The number of fused-ring (bicyclic) bond motifs is 1. The fourth-order valence-electron chi connectivity index (χ4n) is 4.55. The van der Waals surface area contributed by atoms with Crippen molar-refractivity contribution >= 4 is 28.3 Å². The van der Waals surface area contributed by atoms with Crippen molar-refractivity contribution in [2.75, 3.05) is 44.5 Å². The van der Waals surface area contributed by atoms with Gasteiger partial charge in [-0.15, -0.1) is 0 Å². The van der Waals surface area contributed by atoms with Crippen molar-refractivity contribution in [1.82, 2.24) is 14.9 Å². The highest BCUT2D eigenvalue weighted by molar-refractivity contribution is 6.02. The summed E-state index contributed by atoms with van der Waals surface area (Å²) in [6.07, 6.45) is 2.46. The third-order valence-electron chi connectivity index (χ3n) is 6.56. The Morgan fingerprint density at radius 3 is 2.65 bits per heavy atom. The molecule has 2 heterocycles. The van der Waals surface area contributed by atoms with Crippen molar-refractivity contribution in [1.29, 1.82) is 0 Å². The number of anilines is 2. The number of nitrogens with two attached hydrogens (primary N) is 1. The van der Waals surface area contributed by atoms with E-state index in [-0.39, 0.29) is 11.9 Å². The number of carbonyl (C=O) groups is 1. The van der Waals surface area contributed by atoms with Crippen molar-refractivity contribution in [2.45, 2.75) is 38.6 Å². The number of morpholine rings is 1. The summed E-state index contributed by atoms with van der Waals surface area (Å²) < 4.78 is 11.0. The van der Waals surface area contributed by atoms with E-state index in [0.717, 1.165) is 16.6 Å². The second-order valence-electron chi connectivity index (χ2n) is 9.17. The minimum absolute atomic E-state index is 0.0147. The molecule has 1 aromatic heterocycles. The summed E-state index contributed by atoms with van der Waals surface area (Å²) >= 11 is 0. The third-order valence-corrected chi connectivity index (χ3v) is 6.56. The van der Waals surface area contributed by atoms with Gasteiger partial charge >= 0.3 is 0 Å². The first-order chi connectivity index (χ1) is 16.4. The summed E-state index contributed by atoms with van der Waals surface area (Å²) in [7, 11) is 1.58. The number of nitrogens with one attached hydrogen (secondary N) is 1. The van der Waals surface area contributed by atoms with Crippen LogP contribution >= 0.6 is 0 Å². The number of hydrogen-bond donors (Lipinski definition) is 2. The Bertz CT molecular complexity index is 1230. The lowest BCUT2D eigenvalue weighted by atomic mass is 10.0. The Morgan fingerprint density at radius 2 is 1.94 bits per heavy atom. The number of amides is 1. The smallest absolute Gasteiger partial charge is 0.257 e. The number of benzene rings is 2. The average molecular weight is 462 g/mol.